The fraction of sp³-hybridized carbons (Fsp3) is 0.0417. The Balaban J connectivity index is 1.61. The predicted molar refractivity (Wildman–Crippen MR) is 116 cm³/mol. The molecule has 1 heterocycles. The highest BCUT2D eigenvalue weighted by atomic mass is 19.4. The van der Waals surface area contributed by atoms with Crippen molar-refractivity contribution in [3.05, 3.63) is 95.4 Å². The molecule has 1 aromatic heterocycles. The van der Waals surface area contributed by atoms with E-state index in [0.29, 0.717) is 28.0 Å². The number of nitrogens with zero attached hydrogens (tertiary/aromatic N) is 2. The van der Waals surface area contributed by atoms with E-state index in [1.165, 1.54) is 18.5 Å². The summed E-state index contributed by atoms with van der Waals surface area (Å²) in [5.74, 6) is 5.70. The number of anilines is 2. The summed E-state index contributed by atoms with van der Waals surface area (Å²) in [6, 6.07) is 16.5. The van der Waals surface area contributed by atoms with Gasteiger partial charge in [-0.1, -0.05) is 30.2 Å². The summed E-state index contributed by atoms with van der Waals surface area (Å²) in [5, 5.41) is 3.94. The van der Waals surface area contributed by atoms with Crippen molar-refractivity contribution in [2.24, 2.45) is 0 Å². The van der Waals surface area contributed by atoms with Crippen LogP contribution >= 0.6 is 0 Å². The molecule has 0 saturated heterocycles. The van der Waals surface area contributed by atoms with Crippen molar-refractivity contribution >= 4 is 28.2 Å². The summed E-state index contributed by atoms with van der Waals surface area (Å²) >= 11 is 0. The number of rotatable bonds is 2. The molecule has 158 valence electrons. The first-order valence-corrected chi connectivity index (χ1v) is 9.40. The molecular weight excluding hydrogens is 417 g/mol. The van der Waals surface area contributed by atoms with Crippen LogP contribution < -0.4 is 11.1 Å². The lowest BCUT2D eigenvalue weighted by atomic mass is 10.0. The second kappa shape index (κ2) is 8.40. The number of aromatic nitrogens is 2. The Morgan fingerprint density at radius 1 is 0.938 bits per heavy atom. The van der Waals surface area contributed by atoms with Gasteiger partial charge >= 0.3 is 6.18 Å². The first kappa shape index (κ1) is 20.9. The van der Waals surface area contributed by atoms with Gasteiger partial charge in [-0.25, -0.2) is 9.97 Å². The van der Waals surface area contributed by atoms with Gasteiger partial charge in [0.1, 0.15) is 17.8 Å². The van der Waals surface area contributed by atoms with Gasteiger partial charge in [-0.05, 0) is 53.1 Å². The molecule has 5 nitrogen and oxygen atoms in total. The minimum Gasteiger partial charge on any atom is -0.384 e. The first-order valence-electron chi connectivity index (χ1n) is 9.40. The van der Waals surface area contributed by atoms with Crippen molar-refractivity contribution in [2.45, 2.75) is 6.18 Å². The van der Waals surface area contributed by atoms with Crippen LogP contribution in [0.25, 0.3) is 10.8 Å². The molecule has 32 heavy (non-hydrogen) atoms. The molecule has 0 bridgehead atoms. The topological polar surface area (TPSA) is 80.9 Å². The summed E-state index contributed by atoms with van der Waals surface area (Å²) in [5.41, 5.74) is 6.36. The monoisotopic (exact) mass is 432 g/mol. The Hall–Kier alpha value is -4.38. The number of nitrogen functional groups attached to an aromatic ring is 1. The maximum Gasteiger partial charge on any atom is 0.416 e. The first-order chi connectivity index (χ1) is 15.3. The lowest BCUT2D eigenvalue weighted by molar-refractivity contribution is -0.137. The number of benzene rings is 3. The van der Waals surface area contributed by atoms with Gasteiger partial charge in [0.25, 0.3) is 5.91 Å². The van der Waals surface area contributed by atoms with Crippen LogP contribution in [0.5, 0.6) is 0 Å². The summed E-state index contributed by atoms with van der Waals surface area (Å²) in [4.78, 5) is 20.6. The van der Waals surface area contributed by atoms with E-state index in [-0.39, 0.29) is 5.69 Å². The lowest BCUT2D eigenvalue weighted by Gasteiger charge is -2.11. The molecule has 1 amide bonds. The number of hydrogen-bond donors (Lipinski definition) is 2. The van der Waals surface area contributed by atoms with Crippen LogP contribution in [0.2, 0.25) is 0 Å². The number of carbonyl (C=O) groups is 1. The van der Waals surface area contributed by atoms with Gasteiger partial charge in [-0.15, -0.1) is 0 Å². The predicted octanol–water partition coefficient (Wildman–Crippen LogP) is 4.88. The third-order valence-electron chi connectivity index (χ3n) is 4.60. The van der Waals surface area contributed by atoms with Crippen molar-refractivity contribution in [3.8, 4) is 11.8 Å². The van der Waals surface area contributed by atoms with E-state index < -0.39 is 17.6 Å². The quantitative estimate of drug-likeness (QED) is 0.443. The smallest absolute Gasteiger partial charge is 0.384 e. The zero-order valence-corrected chi connectivity index (χ0v) is 16.4. The number of halogens is 3. The summed E-state index contributed by atoms with van der Waals surface area (Å²) in [6.07, 6.45) is -3.16. The molecule has 0 atom stereocenters. The van der Waals surface area contributed by atoms with Crippen LogP contribution in [0.1, 0.15) is 27.2 Å². The SMILES string of the molecule is Nc1cc(C#Cc2ccc3c(C(=O)Nc4cccc(C(F)(F)F)c4)cccc3c2)ncn1. The highest BCUT2D eigenvalue weighted by molar-refractivity contribution is 6.13. The van der Waals surface area contributed by atoms with Gasteiger partial charge in [-0.3, -0.25) is 4.79 Å². The van der Waals surface area contributed by atoms with Gasteiger partial charge in [0.15, 0.2) is 0 Å². The van der Waals surface area contributed by atoms with Crippen LogP contribution in [-0.4, -0.2) is 15.9 Å². The molecule has 0 spiro atoms. The van der Waals surface area contributed by atoms with E-state index in [4.69, 9.17) is 5.73 Å². The maximum absolute atomic E-state index is 12.9. The standard InChI is InChI=1S/C24H15F3N4O/c25-24(26,27)17-4-2-5-19(12-17)31-23(32)21-6-1-3-16-11-15(8-10-20(16)21)7-9-18-13-22(28)30-14-29-18/h1-6,8,10-14H,(H,31,32)(H2,28,29,30). The summed E-state index contributed by atoms with van der Waals surface area (Å²) in [6.45, 7) is 0. The Kier molecular flexibility index (Phi) is 5.48. The highest BCUT2D eigenvalue weighted by Gasteiger charge is 2.30. The number of amides is 1. The maximum atomic E-state index is 12.9. The van der Waals surface area contributed by atoms with E-state index in [1.54, 1.807) is 30.3 Å². The van der Waals surface area contributed by atoms with Gasteiger partial charge in [-0.2, -0.15) is 13.2 Å². The molecular formula is C24H15F3N4O. The summed E-state index contributed by atoms with van der Waals surface area (Å²) in [7, 11) is 0. The van der Waals surface area contributed by atoms with Gasteiger partial charge < -0.3 is 11.1 Å². The van der Waals surface area contributed by atoms with Crippen LogP contribution in [0, 0.1) is 11.8 Å². The average molecular weight is 432 g/mol. The fourth-order valence-corrected chi connectivity index (χ4v) is 3.11. The number of carbonyl (C=O) groups excluding carboxylic acids is 1. The Labute approximate surface area is 181 Å². The third kappa shape index (κ3) is 4.68. The normalized spacial score (nSPS) is 11.0. The van der Waals surface area contributed by atoms with Crippen LogP contribution in [0.3, 0.4) is 0 Å². The van der Waals surface area contributed by atoms with Gasteiger partial charge in [0.05, 0.1) is 5.56 Å². The Morgan fingerprint density at radius 2 is 1.75 bits per heavy atom. The van der Waals surface area contributed by atoms with E-state index in [1.807, 2.05) is 12.1 Å². The van der Waals surface area contributed by atoms with Crippen molar-refractivity contribution in [1.29, 1.82) is 0 Å². The molecule has 0 unspecified atom stereocenters. The van der Waals surface area contributed by atoms with Crippen LogP contribution in [-0.2, 0) is 6.18 Å². The van der Waals surface area contributed by atoms with Gasteiger partial charge in [0.2, 0.25) is 0 Å². The number of alkyl halides is 3. The molecule has 0 aliphatic carbocycles. The van der Waals surface area contributed by atoms with E-state index in [0.717, 1.165) is 17.5 Å². The number of fused-ring (bicyclic) bond motifs is 1. The van der Waals surface area contributed by atoms with Crippen LogP contribution in [0.15, 0.2) is 73.1 Å². The molecule has 0 fully saturated rings. The minimum atomic E-state index is -4.49. The second-order valence-electron chi connectivity index (χ2n) is 6.85. The molecule has 3 N–H and O–H groups in total. The molecule has 3 aromatic carbocycles. The second-order valence-corrected chi connectivity index (χ2v) is 6.85. The average Bonchev–Trinajstić information content (AvgIpc) is 2.77. The molecule has 0 radical (unpaired) electrons. The zero-order valence-electron chi connectivity index (χ0n) is 16.4. The molecule has 0 aliphatic rings. The number of hydrogen-bond acceptors (Lipinski definition) is 4. The Morgan fingerprint density at radius 3 is 2.53 bits per heavy atom. The third-order valence-corrected chi connectivity index (χ3v) is 4.60. The van der Waals surface area contributed by atoms with Crippen molar-refractivity contribution in [1.82, 2.24) is 9.97 Å². The fourth-order valence-electron chi connectivity index (χ4n) is 3.11. The van der Waals surface area contributed by atoms with E-state index >= 15 is 0 Å². The van der Waals surface area contributed by atoms with E-state index in [2.05, 4.69) is 27.1 Å². The van der Waals surface area contributed by atoms with Crippen molar-refractivity contribution in [2.75, 3.05) is 11.1 Å². The van der Waals surface area contributed by atoms with E-state index in [9.17, 15) is 18.0 Å². The number of nitrogens with two attached hydrogens (primary N) is 1. The van der Waals surface area contributed by atoms with Crippen molar-refractivity contribution in [3.63, 3.8) is 0 Å². The zero-order chi connectivity index (χ0) is 22.7. The van der Waals surface area contributed by atoms with Crippen LogP contribution in [0.4, 0.5) is 24.7 Å². The largest absolute Gasteiger partial charge is 0.416 e. The molecule has 4 rings (SSSR count). The highest BCUT2D eigenvalue weighted by Crippen LogP contribution is 2.31. The molecule has 4 aromatic rings. The Bertz CT molecular complexity index is 1390. The molecule has 0 aliphatic heterocycles. The summed E-state index contributed by atoms with van der Waals surface area (Å²) < 4.78 is 38.8. The lowest BCUT2D eigenvalue weighted by Crippen LogP contribution is -2.13. The molecule has 8 heteroatoms. The van der Waals surface area contributed by atoms with Gasteiger partial charge in [0, 0.05) is 22.9 Å². The van der Waals surface area contributed by atoms with Crippen molar-refractivity contribution < 1.29 is 18.0 Å². The molecule has 0 saturated carbocycles. The minimum absolute atomic E-state index is 0.0634. The number of nitrogens with one attached hydrogen (secondary N) is 1.